The van der Waals surface area contributed by atoms with E-state index >= 15 is 0 Å². The average Bonchev–Trinajstić information content (AvgIpc) is 2.76. The molecule has 0 spiro atoms. The third-order valence-corrected chi connectivity index (χ3v) is 3.89. The lowest BCUT2D eigenvalue weighted by Crippen LogP contribution is -2.13. The second kappa shape index (κ2) is 5.92. The van der Waals surface area contributed by atoms with Crippen LogP contribution in [0.3, 0.4) is 0 Å². The summed E-state index contributed by atoms with van der Waals surface area (Å²) in [4.78, 5) is 17.7. The third kappa shape index (κ3) is 2.91. The van der Waals surface area contributed by atoms with Gasteiger partial charge in [-0.05, 0) is 32.0 Å². The van der Waals surface area contributed by atoms with Gasteiger partial charge < -0.3 is 9.47 Å². The molecular formula is C14H16N2O3S. The second-order valence-corrected chi connectivity index (χ2v) is 5.38. The summed E-state index contributed by atoms with van der Waals surface area (Å²) in [6, 6.07) is 5.08. The summed E-state index contributed by atoms with van der Waals surface area (Å²) in [5.74, 6) is 0.824. The number of methoxy groups -OCH3 is 2. The Hall–Kier alpha value is -2.08. The summed E-state index contributed by atoms with van der Waals surface area (Å²) in [5, 5.41) is 3.36. The molecule has 0 atom stereocenters. The van der Waals surface area contributed by atoms with Crippen LogP contribution in [0, 0.1) is 13.8 Å². The van der Waals surface area contributed by atoms with Crippen LogP contribution >= 0.6 is 11.3 Å². The molecule has 5 nitrogen and oxygen atoms in total. The van der Waals surface area contributed by atoms with Gasteiger partial charge in [0.25, 0.3) is 5.91 Å². The number of nitrogens with zero attached hydrogens (tertiary/aromatic N) is 1. The number of ether oxygens (including phenoxy) is 2. The lowest BCUT2D eigenvalue weighted by Gasteiger charge is -2.09. The van der Waals surface area contributed by atoms with E-state index < -0.39 is 0 Å². The molecule has 0 saturated carbocycles. The van der Waals surface area contributed by atoms with Crippen LogP contribution < -0.4 is 14.8 Å². The molecule has 1 N–H and O–H groups in total. The largest absolute Gasteiger partial charge is 0.497 e. The van der Waals surface area contributed by atoms with E-state index in [0.29, 0.717) is 22.2 Å². The topological polar surface area (TPSA) is 60.5 Å². The first-order valence-corrected chi connectivity index (χ1v) is 6.84. The van der Waals surface area contributed by atoms with Crippen molar-refractivity contribution in [2.75, 3.05) is 19.5 Å². The number of hydrogen-bond acceptors (Lipinski definition) is 5. The zero-order valence-corrected chi connectivity index (χ0v) is 12.6. The highest BCUT2D eigenvalue weighted by atomic mass is 32.1. The van der Waals surface area contributed by atoms with Crippen LogP contribution in [-0.2, 0) is 0 Å². The number of aryl methyl sites for hydroxylation is 2. The third-order valence-electron chi connectivity index (χ3n) is 2.90. The van der Waals surface area contributed by atoms with Gasteiger partial charge in [0.15, 0.2) is 5.13 Å². The van der Waals surface area contributed by atoms with Crippen molar-refractivity contribution in [1.29, 1.82) is 0 Å². The number of nitrogens with one attached hydrogen (secondary N) is 1. The molecule has 0 unspecified atom stereocenters. The standard InChI is InChI=1S/C14H16N2O3S/c1-8-9(2)20-14(15-8)16-13(17)11-7-10(18-3)5-6-12(11)19-4/h5-7H,1-4H3,(H,15,16,17). The van der Waals surface area contributed by atoms with E-state index in [1.54, 1.807) is 25.3 Å². The Balaban J connectivity index is 2.28. The molecular weight excluding hydrogens is 276 g/mol. The lowest BCUT2D eigenvalue weighted by atomic mass is 10.2. The first kappa shape index (κ1) is 14.3. The number of thiazole rings is 1. The smallest absolute Gasteiger partial charge is 0.261 e. The van der Waals surface area contributed by atoms with Gasteiger partial charge in [-0.1, -0.05) is 0 Å². The maximum Gasteiger partial charge on any atom is 0.261 e. The molecule has 1 amide bonds. The van der Waals surface area contributed by atoms with Crippen molar-refractivity contribution in [3.05, 3.63) is 34.3 Å². The van der Waals surface area contributed by atoms with Crippen molar-refractivity contribution in [3.8, 4) is 11.5 Å². The second-order valence-electron chi connectivity index (χ2n) is 4.18. The lowest BCUT2D eigenvalue weighted by molar-refractivity contribution is 0.102. The Kier molecular flexibility index (Phi) is 4.24. The molecule has 0 bridgehead atoms. The van der Waals surface area contributed by atoms with Crippen molar-refractivity contribution in [2.45, 2.75) is 13.8 Å². The molecule has 0 aliphatic rings. The highest BCUT2D eigenvalue weighted by Crippen LogP contribution is 2.26. The van der Waals surface area contributed by atoms with Gasteiger partial charge in [0, 0.05) is 4.88 Å². The van der Waals surface area contributed by atoms with Crippen molar-refractivity contribution in [3.63, 3.8) is 0 Å². The summed E-state index contributed by atoms with van der Waals surface area (Å²) < 4.78 is 10.3. The van der Waals surface area contributed by atoms with E-state index in [4.69, 9.17) is 9.47 Å². The molecule has 20 heavy (non-hydrogen) atoms. The quantitative estimate of drug-likeness (QED) is 0.941. The van der Waals surface area contributed by atoms with E-state index in [1.807, 2.05) is 13.8 Å². The molecule has 0 radical (unpaired) electrons. The summed E-state index contributed by atoms with van der Waals surface area (Å²) in [6.45, 7) is 3.88. The van der Waals surface area contributed by atoms with Gasteiger partial charge in [0.1, 0.15) is 11.5 Å². The Morgan fingerprint density at radius 3 is 2.55 bits per heavy atom. The van der Waals surface area contributed by atoms with Crippen molar-refractivity contribution in [1.82, 2.24) is 4.98 Å². The van der Waals surface area contributed by atoms with E-state index in [0.717, 1.165) is 10.6 Å². The Bertz CT molecular complexity index is 618. The Morgan fingerprint density at radius 2 is 2.00 bits per heavy atom. The fourth-order valence-corrected chi connectivity index (χ4v) is 2.49. The van der Waals surface area contributed by atoms with E-state index in [1.165, 1.54) is 18.4 Å². The van der Waals surface area contributed by atoms with E-state index in [-0.39, 0.29) is 5.91 Å². The minimum Gasteiger partial charge on any atom is -0.497 e. The van der Waals surface area contributed by atoms with Gasteiger partial charge in [-0.25, -0.2) is 4.98 Å². The number of benzene rings is 1. The Morgan fingerprint density at radius 1 is 1.25 bits per heavy atom. The number of amides is 1. The normalized spacial score (nSPS) is 10.2. The molecule has 1 aromatic carbocycles. The fourth-order valence-electron chi connectivity index (χ4n) is 1.68. The molecule has 0 aliphatic heterocycles. The summed E-state index contributed by atoms with van der Waals surface area (Å²) in [6.07, 6.45) is 0. The molecule has 0 saturated heterocycles. The van der Waals surface area contributed by atoms with Gasteiger partial charge >= 0.3 is 0 Å². The molecule has 2 aromatic rings. The predicted molar refractivity (Wildman–Crippen MR) is 79.1 cm³/mol. The number of rotatable bonds is 4. The maximum absolute atomic E-state index is 12.3. The maximum atomic E-state index is 12.3. The van der Waals surface area contributed by atoms with Gasteiger partial charge in [-0.15, -0.1) is 11.3 Å². The van der Waals surface area contributed by atoms with Crippen molar-refractivity contribution in [2.24, 2.45) is 0 Å². The van der Waals surface area contributed by atoms with Crippen LogP contribution in [0.15, 0.2) is 18.2 Å². The molecule has 6 heteroatoms. The molecule has 0 fully saturated rings. The number of carbonyl (C=O) groups excluding carboxylic acids is 1. The first-order valence-electron chi connectivity index (χ1n) is 6.02. The van der Waals surface area contributed by atoms with Crippen LogP contribution in [0.4, 0.5) is 5.13 Å². The van der Waals surface area contributed by atoms with Gasteiger partial charge in [0.05, 0.1) is 25.5 Å². The number of hydrogen-bond donors (Lipinski definition) is 1. The number of carbonyl (C=O) groups is 1. The minimum atomic E-state index is -0.269. The molecule has 2 rings (SSSR count). The molecule has 0 aliphatic carbocycles. The summed E-state index contributed by atoms with van der Waals surface area (Å²) in [5.41, 5.74) is 1.33. The van der Waals surface area contributed by atoms with Crippen LogP contribution in [0.25, 0.3) is 0 Å². The van der Waals surface area contributed by atoms with Gasteiger partial charge in [-0.3, -0.25) is 10.1 Å². The highest BCUT2D eigenvalue weighted by molar-refractivity contribution is 7.15. The minimum absolute atomic E-state index is 0.269. The SMILES string of the molecule is COc1ccc(OC)c(C(=O)Nc2nc(C)c(C)s2)c1. The molecule has 1 heterocycles. The van der Waals surface area contributed by atoms with Crippen LogP contribution in [0.2, 0.25) is 0 Å². The van der Waals surface area contributed by atoms with Crippen molar-refractivity contribution < 1.29 is 14.3 Å². The Labute approximate surface area is 121 Å². The van der Waals surface area contributed by atoms with Crippen LogP contribution in [0.5, 0.6) is 11.5 Å². The summed E-state index contributed by atoms with van der Waals surface area (Å²) >= 11 is 1.45. The van der Waals surface area contributed by atoms with Gasteiger partial charge in [0.2, 0.25) is 0 Å². The monoisotopic (exact) mass is 292 g/mol. The fraction of sp³-hybridized carbons (Fsp3) is 0.286. The van der Waals surface area contributed by atoms with E-state index in [2.05, 4.69) is 10.3 Å². The average molecular weight is 292 g/mol. The highest BCUT2D eigenvalue weighted by Gasteiger charge is 2.15. The predicted octanol–water partition coefficient (Wildman–Crippen LogP) is 3.03. The van der Waals surface area contributed by atoms with E-state index in [9.17, 15) is 4.79 Å². The molecule has 106 valence electrons. The molecule has 1 aromatic heterocycles. The van der Waals surface area contributed by atoms with Crippen LogP contribution in [-0.4, -0.2) is 25.1 Å². The zero-order valence-electron chi connectivity index (χ0n) is 11.8. The summed E-state index contributed by atoms with van der Waals surface area (Å²) in [7, 11) is 3.08. The van der Waals surface area contributed by atoms with Gasteiger partial charge in [-0.2, -0.15) is 0 Å². The number of anilines is 1. The number of aromatic nitrogens is 1. The van der Waals surface area contributed by atoms with Crippen LogP contribution in [0.1, 0.15) is 20.9 Å². The zero-order chi connectivity index (χ0) is 14.7. The first-order chi connectivity index (χ1) is 9.55. The van der Waals surface area contributed by atoms with Crippen molar-refractivity contribution >= 4 is 22.4 Å².